The summed E-state index contributed by atoms with van der Waals surface area (Å²) in [5, 5.41) is 3.01. The average Bonchev–Trinajstić information content (AvgIpc) is 1.90. The number of likely N-dealkylation sites (N-methyl/N-ethyl adjacent to an activating group) is 1. The highest BCUT2D eigenvalue weighted by Gasteiger charge is 2.02. The first-order chi connectivity index (χ1) is 4.26. The fraction of sp³-hybridized carbons (Fsp3) is 0.714. The average molecular weight is 129 g/mol. The lowest BCUT2D eigenvalue weighted by atomic mass is 10.2. The van der Waals surface area contributed by atoms with Crippen LogP contribution in [0.5, 0.6) is 0 Å². The van der Waals surface area contributed by atoms with Gasteiger partial charge in [0.1, 0.15) is 6.23 Å². The Bertz CT molecular complexity index is 95.1. The van der Waals surface area contributed by atoms with Gasteiger partial charge in [0.25, 0.3) is 0 Å². The van der Waals surface area contributed by atoms with Gasteiger partial charge in [-0.05, 0) is 26.5 Å². The van der Waals surface area contributed by atoms with Crippen molar-refractivity contribution in [1.82, 2.24) is 5.32 Å². The molecule has 1 unspecified atom stereocenters. The summed E-state index contributed by atoms with van der Waals surface area (Å²) in [6.45, 7) is 4.03. The molecular weight excluding hydrogens is 114 g/mol. The molecule has 0 heterocycles. The molecular formula is C7H15NO. The summed E-state index contributed by atoms with van der Waals surface area (Å²) in [6.07, 6.45) is 2.11. The molecule has 0 aromatic carbocycles. The first-order valence-electron chi connectivity index (χ1n) is 3.09. The third-order valence-corrected chi connectivity index (χ3v) is 1.37. The van der Waals surface area contributed by atoms with Crippen LogP contribution in [0.3, 0.4) is 0 Å². The summed E-state index contributed by atoms with van der Waals surface area (Å²) in [5.74, 6) is 0. The second-order valence-corrected chi connectivity index (χ2v) is 1.94. The SMILES string of the molecule is C/C=C(/C)C(NC)OC. The van der Waals surface area contributed by atoms with E-state index in [1.807, 2.05) is 27.0 Å². The van der Waals surface area contributed by atoms with Crippen molar-refractivity contribution in [2.24, 2.45) is 0 Å². The van der Waals surface area contributed by atoms with E-state index in [0.29, 0.717) is 0 Å². The minimum Gasteiger partial charge on any atom is -0.363 e. The predicted molar refractivity (Wildman–Crippen MR) is 39.3 cm³/mol. The lowest BCUT2D eigenvalue weighted by Gasteiger charge is -2.13. The van der Waals surface area contributed by atoms with Crippen LogP contribution in [-0.2, 0) is 4.74 Å². The van der Waals surface area contributed by atoms with Crippen LogP contribution in [0.2, 0.25) is 0 Å². The fourth-order valence-electron chi connectivity index (χ4n) is 0.683. The van der Waals surface area contributed by atoms with E-state index in [4.69, 9.17) is 4.74 Å². The van der Waals surface area contributed by atoms with Crippen molar-refractivity contribution in [2.75, 3.05) is 14.2 Å². The normalized spacial score (nSPS) is 15.8. The Balaban J connectivity index is 3.79. The van der Waals surface area contributed by atoms with E-state index in [0.717, 1.165) is 0 Å². The van der Waals surface area contributed by atoms with Crippen LogP contribution in [0, 0.1) is 0 Å². The molecule has 0 saturated heterocycles. The van der Waals surface area contributed by atoms with Crippen molar-refractivity contribution in [3.8, 4) is 0 Å². The molecule has 1 atom stereocenters. The van der Waals surface area contributed by atoms with Gasteiger partial charge in [-0.3, -0.25) is 5.32 Å². The first kappa shape index (κ1) is 8.66. The van der Waals surface area contributed by atoms with E-state index in [1.54, 1.807) is 7.11 Å². The molecule has 0 aromatic rings. The minimum atomic E-state index is 0.0787. The monoisotopic (exact) mass is 129 g/mol. The fourth-order valence-corrected chi connectivity index (χ4v) is 0.683. The van der Waals surface area contributed by atoms with Gasteiger partial charge in [-0.15, -0.1) is 0 Å². The smallest absolute Gasteiger partial charge is 0.129 e. The lowest BCUT2D eigenvalue weighted by Crippen LogP contribution is -2.27. The van der Waals surface area contributed by atoms with Crippen LogP contribution in [0.4, 0.5) is 0 Å². The van der Waals surface area contributed by atoms with Crippen molar-refractivity contribution >= 4 is 0 Å². The first-order valence-corrected chi connectivity index (χ1v) is 3.09. The van der Waals surface area contributed by atoms with E-state index in [1.165, 1.54) is 5.57 Å². The highest BCUT2D eigenvalue weighted by atomic mass is 16.5. The van der Waals surface area contributed by atoms with Crippen LogP contribution < -0.4 is 5.32 Å². The van der Waals surface area contributed by atoms with Crippen LogP contribution in [0.1, 0.15) is 13.8 Å². The van der Waals surface area contributed by atoms with Crippen molar-refractivity contribution in [3.05, 3.63) is 11.6 Å². The van der Waals surface area contributed by atoms with E-state index < -0.39 is 0 Å². The van der Waals surface area contributed by atoms with Crippen LogP contribution in [0.15, 0.2) is 11.6 Å². The summed E-state index contributed by atoms with van der Waals surface area (Å²) in [6, 6.07) is 0. The summed E-state index contributed by atoms with van der Waals surface area (Å²) in [7, 11) is 3.56. The molecule has 0 aromatic heterocycles. The van der Waals surface area contributed by atoms with Crippen molar-refractivity contribution in [2.45, 2.75) is 20.1 Å². The van der Waals surface area contributed by atoms with E-state index >= 15 is 0 Å². The van der Waals surface area contributed by atoms with Crippen LogP contribution >= 0.6 is 0 Å². The van der Waals surface area contributed by atoms with Crippen LogP contribution in [-0.4, -0.2) is 20.4 Å². The molecule has 2 nitrogen and oxygen atoms in total. The highest BCUT2D eigenvalue weighted by Crippen LogP contribution is 1.99. The molecule has 0 rings (SSSR count). The molecule has 1 N–H and O–H groups in total. The van der Waals surface area contributed by atoms with Gasteiger partial charge < -0.3 is 4.74 Å². The number of hydrogen-bond acceptors (Lipinski definition) is 2. The quantitative estimate of drug-likeness (QED) is 0.456. The van der Waals surface area contributed by atoms with Gasteiger partial charge >= 0.3 is 0 Å². The zero-order valence-corrected chi connectivity index (χ0v) is 6.56. The summed E-state index contributed by atoms with van der Waals surface area (Å²) in [5.41, 5.74) is 1.21. The van der Waals surface area contributed by atoms with Crippen molar-refractivity contribution in [3.63, 3.8) is 0 Å². The van der Waals surface area contributed by atoms with Gasteiger partial charge in [0.05, 0.1) is 0 Å². The van der Waals surface area contributed by atoms with Gasteiger partial charge in [0.2, 0.25) is 0 Å². The van der Waals surface area contributed by atoms with Gasteiger partial charge in [-0.1, -0.05) is 6.08 Å². The second-order valence-electron chi connectivity index (χ2n) is 1.94. The maximum Gasteiger partial charge on any atom is 0.129 e. The van der Waals surface area contributed by atoms with E-state index in [-0.39, 0.29) is 6.23 Å². The van der Waals surface area contributed by atoms with Gasteiger partial charge in [-0.2, -0.15) is 0 Å². The number of rotatable bonds is 3. The molecule has 0 saturated carbocycles. The maximum absolute atomic E-state index is 5.07. The Morgan fingerprint density at radius 2 is 2.22 bits per heavy atom. The predicted octanol–water partition coefficient (Wildman–Crippen LogP) is 1.14. The standard InChI is InChI=1S/C7H15NO/c1-5-6(2)7(8-3)9-4/h5,7-8H,1-4H3/b6-5-. The summed E-state index contributed by atoms with van der Waals surface area (Å²) >= 11 is 0. The molecule has 2 heteroatoms. The van der Waals surface area contributed by atoms with Gasteiger partial charge in [-0.25, -0.2) is 0 Å². The molecule has 0 bridgehead atoms. The molecule has 0 fully saturated rings. The van der Waals surface area contributed by atoms with Gasteiger partial charge in [0.15, 0.2) is 0 Å². The Kier molecular flexibility index (Phi) is 4.36. The largest absolute Gasteiger partial charge is 0.363 e. The van der Waals surface area contributed by atoms with E-state index in [2.05, 4.69) is 5.32 Å². The summed E-state index contributed by atoms with van der Waals surface area (Å²) < 4.78 is 5.07. The molecule has 54 valence electrons. The number of allylic oxidation sites excluding steroid dienone is 1. The summed E-state index contributed by atoms with van der Waals surface area (Å²) in [4.78, 5) is 0. The molecule has 0 aliphatic rings. The molecule has 9 heavy (non-hydrogen) atoms. The zero-order chi connectivity index (χ0) is 7.28. The van der Waals surface area contributed by atoms with E-state index in [9.17, 15) is 0 Å². The Labute approximate surface area is 56.9 Å². The third-order valence-electron chi connectivity index (χ3n) is 1.37. The van der Waals surface area contributed by atoms with Crippen molar-refractivity contribution < 1.29 is 4.74 Å². The number of ether oxygens (including phenoxy) is 1. The number of hydrogen-bond donors (Lipinski definition) is 1. The molecule has 0 spiro atoms. The highest BCUT2D eigenvalue weighted by molar-refractivity contribution is 5.01. The third kappa shape index (κ3) is 2.63. The Hall–Kier alpha value is -0.340. The maximum atomic E-state index is 5.07. The topological polar surface area (TPSA) is 21.3 Å². The minimum absolute atomic E-state index is 0.0787. The molecule has 0 amide bonds. The van der Waals surface area contributed by atoms with Crippen LogP contribution in [0.25, 0.3) is 0 Å². The second kappa shape index (κ2) is 4.53. The molecule has 0 aliphatic heterocycles. The number of methoxy groups -OCH3 is 1. The number of nitrogens with one attached hydrogen (secondary N) is 1. The Morgan fingerprint density at radius 1 is 1.67 bits per heavy atom. The molecule has 0 aliphatic carbocycles. The lowest BCUT2D eigenvalue weighted by molar-refractivity contribution is 0.110. The van der Waals surface area contributed by atoms with Gasteiger partial charge in [0, 0.05) is 7.11 Å². The molecule has 0 radical (unpaired) electrons. The zero-order valence-electron chi connectivity index (χ0n) is 6.56. The Morgan fingerprint density at radius 3 is 2.33 bits per heavy atom. The van der Waals surface area contributed by atoms with Crippen molar-refractivity contribution in [1.29, 1.82) is 0 Å².